The summed E-state index contributed by atoms with van der Waals surface area (Å²) in [4.78, 5) is 13.3. The Morgan fingerprint density at radius 1 is 1.03 bits per heavy atom. The molecule has 0 aliphatic rings. The van der Waals surface area contributed by atoms with Crippen LogP contribution in [0.1, 0.15) is 56.3 Å². The first kappa shape index (κ1) is 24.7. The van der Waals surface area contributed by atoms with E-state index >= 15 is 0 Å². The summed E-state index contributed by atoms with van der Waals surface area (Å²) >= 11 is 0. The van der Waals surface area contributed by atoms with Gasteiger partial charge < -0.3 is 10.1 Å². The van der Waals surface area contributed by atoms with Crippen molar-refractivity contribution in [2.45, 2.75) is 59.5 Å². The van der Waals surface area contributed by atoms with Crippen molar-refractivity contribution in [1.82, 2.24) is 5.32 Å². The van der Waals surface area contributed by atoms with Gasteiger partial charge in [0.15, 0.2) is 0 Å². The number of benzene rings is 2. The van der Waals surface area contributed by atoms with Crippen molar-refractivity contribution in [1.29, 1.82) is 0 Å². The molecule has 2 aromatic carbocycles. The fourth-order valence-corrected chi connectivity index (χ4v) is 5.01. The van der Waals surface area contributed by atoms with Gasteiger partial charge in [0, 0.05) is 0 Å². The first-order valence-electron chi connectivity index (χ1n) is 10.7. The molecule has 1 N–H and O–H groups in total. The van der Waals surface area contributed by atoms with Crippen molar-refractivity contribution in [3.05, 3.63) is 59.2 Å². The van der Waals surface area contributed by atoms with Gasteiger partial charge in [-0.3, -0.25) is 9.10 Å². The monoisotopic (exact) mass is 446 g/mol. The third-order valence-electron chi connectivity index (χ3n) is 5.26. The maximum atomic E-state index is 13.3. The Morgan fingerprint density at radius 3 is 2.16 bits per heavy atom. The van der Waals surface area contributed by atoms with E-state index in [0.717, 1.165) is 22.9 Å². The van der Waals surface area contributed by atoms with E-state index in [2.05, 4.69) is 11.4 Å². The molecule has 1 amide bonds. The fraction of sp³-hybridized carbons (Fsp3) is 0.458. The number of nitrogens with zero attached hydrogens (tertiary/aromatic N) is 1. The average molecular weight is 447 g/mol. The normalized spacial score (nSPS) is 13.4. The second-order valence-electron chi connectivity index (χ2n) is 7.74. The van der Waals surface area contributed by atoms with Crippen LogP contribution in [0, 0.1) is 13.8 Å². The molecule has 6 nitrogen and oxygen atoms in total. The SMILES string of the molecule is CCOc1ccc(N([C@@H](CC)C(=O)N[C@H](CC)c2ccc(C)cc2C)S(C)(=O)=O)cc1. The summed E-state index contributed by atoms with van der Waals surface area (Å²) in [5.41, 5.74) is 3.75. The molecule has 0 spiro atoms. The molecule has 0 fully saturated rings. The Kier molecular flexibility index (Phi) is 8.51. The van der Waals surface area contributed by atoms with Crippen molar-refractivity contribution in [3.63, 3.8) is 0 Å². The Balaban J connectivity index is 2.35. The van der Waals surface area contributed by atoms with E-state index in [-0.39, 0.29) is 11.9 Å². The Labute approximate surface area is 186 Å². The number of ether oxygens (including phenoxy) is 1. The Hall–Kier alpha value is -2.54. The minimum atomic E-state index is -3.69. The third-order valence-corrected chi connectivity index (χ3v) is 6.44. The first-order valence-corrected chi connectivity index (χ1v) is 12.6. The molecule has 0 radical (unpaired) electrons. The molecule has 31 heavy (non-hydrogen) atoms. The van der Waals surface area contributed by atoms with Crippen molar-refractivity contribution in [3.8, 4) is 5.75 Å². The van der Waals surface area contributed by atoms with Crippen LogP contribution in [0.25, 0.3) is 0 Å². The molecule has 0 unspecified atom stereocenters. The smallest absolute Gasteiger partial charge is 0.244 e. The van der Waals surface area contributed by atoms with Gasteiger partial charge in [-0.25, -0.2) is 8.42 Å². The number of rotatable bonds is 10. The van der Waals surface area contributed by atoms with Gasteiger partial charge in [0.25, 0.3) is 0 Å². The van der Waals surface area contributed by atoms with Gasteiger partial charge in [-0.15, -0.1) is 0 Å². The molecule has 2 rings (SSSR count). The predicted octanol–water partition coefficient (Wildman–Crippen LogP) is 4.51. The lowest BCUT2D eigenvalue weighted by atomic mass is 9.97. The van der Waals surface area contributed by atoms with Crippen molar-refractivity contribution in [2.24, 2.45) is 0 Å². The van der Waals surface area contributed by atoms with Crippen molar-refractivity contribution < 1.29 is 17.9 Å². The van der Waals surface area contributed by atoms with Crippen LogP contribution in [0.4, 0.5) is 5.69 Å². The highest BCUT2D eigenvalue weighted by Gasteiger charge is 2.32. The molecule has 0 saturated carbocycles. The average Bonchev–Trinajstić information content (AvgIpc) is 2.70. The summed E-state index contributed by atoms with van der Waals surface area (Å²) < 4.78 is 32.0. The summed E-state index contributed by atoms with van der Waals surface area (Å²) in [7, 11) is -3.69. The number of nitrogens with one attached hydrogen (secondary N) is 1. The zero-order valence-corrected chi connectivity index (χ0v) is 20.1. The van der Waals surface area contributed by atoms with Crippen molar-refractivity contribution >= 4 is 21.6 Å². The lowest BCUT2D eigenvalue weighted by Gasteiger charge is -2.31. The highest BCUT2D eigenvalue weighted by atomic mass is 32.2. The van der Waals surface area contributed by atoms with Crippen LogP contribution in [0.5, 0.6) is 5.75 Å². The number of amides is 1. The number of carbonyl (C=O) groups is 1. The standard InChI is InChI=1S/C24H34N2O4S/c1-7-22(21-15-10-17(4)16-18(21)5)25-24(27)23(8-2)26(31(6,28)29)19-11-13-20(14-12-19)30-9-3/h10-16,22-23H,7-9H2,1-6H3,(H,25,27)/t22-,23+/m1/s1. The number of anilines is 1. The molecule has 0 bridgehead atoms. The van der Waals surface area contributed by atoms with E-state index < -0.39 is 16.1 Å². The molecule has 170 valence electrons. The van der Waals surface area contributed by atoms with E-state index in [4.69, 9.17) is 4.74 Å². The zero-order chi connectivity index (χ0) is 23.2. The van der Waals surface area contributed by atoms with Crippen LogP contribution in [-0.4, -0.2) is 33.2 Å². The second kappa shape index (κ2) is 10.7. The van der Waals surface area contributed by atoms with E-state index in [1.54, 1.807) is 24.3 Å². The number of carbonyl (C=O) groups excluding carboxylic acids is 1. The van der Waals surface area contributed by atoms with Crippen LogP contribution in [-0.2, 0) is 14.8 Å². The predicted molar refractivity (Wildman–Crippen MR) is 126 cm³/mol. The molecule has 0 aromatic heterocycles. The van der Waals surface area contributed by atoms with Gasteiger partial charge in [-0.2, -0.15) is 0 Å². The maximum absolute atomic E-state index is 13.3. The summed E-state index contributed by atoms with van der Waals surface area (Å²) in [5, 5.41) is 3.08. The van der Waals surface area contributed by atoms with Gasteiger partial charge in [-0.05, 0) is 69.0 Å². The molecule has 2 aromatic rings. The molecule has 7 heteroatoms. The fourth-order valence-electron chi connectivity index (χ4n) is 3.80. The molecule has 2 atom stereocenters. The van der Waals surface area contributed by atoms with E-state index in [1.165, 1.54) is 4.31 Å². The van der Waals surface area contributed by atoms with Crippen LogP contribution in [0.15, 0.2) is 42.5 Å². The second-order valence-corrected chi connectivity index (χ2v) is 9.60. The van der Waals surface area contributed by atoms with Gasteiger partial charge >= 0.3 is 0 Å². The third kappa shape index (κ3) is 6.23. The topological polar surface area (TPSA) is 75.7 Å². The largest absolute Gasteiger partial charge is 0.494 e. The van der Waals surface area contributed by atoms with Gasteiger partial charge in [-0.1, -0.05) is 37.6 Å². The van der Waals surface area contributed by atoms with Crippen LogP contribution >= 0.6 is 0 Å². The van der Waals surface area contributed by atoms with E-state index in [9.17, 15) is 13.2 Å². The lowest BCUT2D eigenvalue weighted by molar-refractivity contribution is -0.123. The summed E-state index contributed by atoms with van der Waals surface area (Å²) in [5.74, 6) is 0.340. The van der Waals surface area contributed by atoms with Gasteiger partial charge in [0.1, 0.15) is 11.8 Å². The number of sulfonamides is 1. The highest BCUT2D eigenvalue weighted by molar-refractivity contribution is 7.92. The molecule has 0 saturated heterocycles. The molecular weight excluding hydrogens is 412 g/mol. The zero-order valence-electron chi connectivity index (χ0n) is 19.3. The highest BCUT2D eigenvalue weighted by Crippen LogP contribution is 2.27. The van der Waals surface area contributed by atoms with E-state index in [1.807, 2.05) is 46.8 Å². The quantitative estimate of drug-likeness (QED) is 0.582. The van der Waals surface area contributed by atoms with Crippen molar-refractivity contribution in [2.75, 3.05) is 17.2 Å². The minimum absolute atomic E-state index is 0.191. The Morgan fingerprint density at radius 2 is 1.68 bits per heavy atom. The molecular formula is C24H34N2O4S. The molecule has 0 aliphatic carbocycles. The Bertz CT molecular complexity index is 987. The van der Waals surface area contributed by atoms with Crippen LogP contribution in [0.2, 0.25) is 0 Å². The minimum Gasteiger partial charge on any atom is -0.494 e. The molecule has 0 aliphatic heterocycles. The van der Waals surface area contributed by atoms with E-state index in [0.29, 0.717) is 30.9 Å². The summed E-state index contributed by atoms with van der Waals surface area (Å²) in [6.07, 6.45) is 2.17. The number of aryl methyl sites for hydroxylation is 2. The van der Waals surface area contributed by atoms with Crippen LogP contribution < -0.4 is 14.4 Å². The first-order chi connectivity index (χ1) is 14.6. The molecule has 0 heterocycles. The maximum Gasteiger partial charge on any atom is 0.244 e. The summed E-state index contributed by atoms with van der Waals surface area (Å²) in [6.45, 7) is 10.3. The number of hydrogen-bond acceptors (Lipinski definition) is 4. The summed E-state index contributed by atoms with van der Waals surface area (Å²) in [6, 6.07) is 11.9. The number of hydrogen-bond donors (Lipinski definition) is 1. The van der Waals surface area contributed by atoms with Gasteiger partial charge in [0.2, 0.25) is 15.9 Å². The van der Waals surface area contributed by atoms with Gasteiger partial charge in [0.05, 0.1) is 24.6 Å². The van der Waals surface area contributed by atoms with Crippen LogP contribution in [0.3, 0.4) is 0 Å². The lowest BCUT2D eigenvalue weighted by Crippen LogP contribution is -2.50.